The Hall–Kier alpha value is -2.99. The van der Waals surface area contributed by atoms with E-state index in [1.54, 1.807) is 63.8 Å². The molecule has 0 bridgehead atoms. The first-order valence-electron chi connectivity index (χ1n) is 11.1. The molecule has 0 amide bonds. The quantitative estimate of drug-likeness (QED) is 0.624. The van der Waals surface area contributed by atoms with E-state index in [0.29, 0.717) is 51.9 Å². The van der Waals surface area contributed by atoms with Crippen LogP contribution in [-0.4, -0.2) is 32.4 Å². The molecule has 1 saturated carbocycles. The summed E-state index contributed by atoms with van der Waals surface area (Å²) in [4.78, 5) is 13.2. The Kier molecular flexibility index (Phi) is 6.42. The van der Waals surface area contributed by atoms with Crippen LogP contribution in [0.15, 0.2) is 48.0 Å². The maximum atomic E-state index is 13.2. The first-order valence-corrected chi connectivity index (χ1v) is 11.1. The molecule has 1 atom stereocenters. The normalized spacial score (nSPS) is 21.4. The average molecular weight is 439 g/mol. The first-order chi connectivity index (χ1) is 15.5. The Morgan fingerprint density at radius 3 is 2.06 bits per heavy atom. The zero-order valence-corrected chi connectivity index (χ0v) is 18.8. The molecule has 4 rings (SSSR count). The number of methoxy groups -OCH3 is 3. The Bertz CT molecular complexity index is 981. The molecule has 170 valence electrons. The van der Waals surface area contributed by atoms with E-state index >= 15 is 0 Å². The van der Waals surface area contributed by atoms with Crippen molar-refractivity contribution in [3.05, 3.63) is 59.2 Å². The van der Waals surface area contributed by atoms with Crippen molar-refractivity contribution in [1.29, 1.82) is 0 Å². The maximum Gasteiger partial charge on any atom is 0.341 e. The van der Waals surface area contributed by atoms with Gasteiger partial charge in [0.1, 0.15) is 17.2 Å². The van der Waals surface area contributed by atoms with Crippen molar-refractivity contribution in [2.45, 2.75) is 44.3 Å². The Balaban J connectivity index is 1.85. The van der Waals surface area contributed by atoms with Gasteiger partial charge in [0, 0.05) is 17.2 Å². The van der Waals surface area contributed by atoms with Crippen LogP contribution in [0.3, 0.4) is 0 Å². The zero-order valence-electron chi connectivity index (χ0n) is 18.8. The van der Waals surface area contributed by atoms with Gasteiger partial charge in [-0.05, 0) is 54.3 Å². The van der Waals surface area contributed by atoms with Gasteiger partial charge in [-0.15, -0.1) is 0 Å². The second kappa shape index (κ2) is 9.25. The SMILES string of the molecule is COc1ccc(C2(O)OC(=O)C(c3cc(OC)cc(OC)c3)=C2CC2CCCCC2)cc1. The number of cyclic esters (lactones) is 1. The summed E-state index contributed by atoms with van der Waals surface area (Å²) < 4.78 is 21.8. The highest BCUT2D eigenvalue weighted by Crippen LogP contribution is 2.48. The molecule has 0 saturated heterocycles. The molecule has 2 aromatic rings. The molecule has 1 fully saturated rings. The smallest absolute Gasteiger partial charge is 0.341 e. The third-order valence-electron chi connectivity index (χ3n) is 6.49. The van der Waals surface area contributed by atoms with E-state index in [4.69, 9.17) is 18.9 Å². The second-order valence-corrected chi connectivity index (χ2v) is 8.43. The van der Waals surface area contributed by atoms with Crippen molar-refractivity contribution in [3.8, 4) is 17.2 Å². The summed E-state index contributed by atoms with van der Waals surface area (Å²) in [6, 6.07) is 12.3. The van der Waals surface area contributed by atoms with E-state index < -0.39 is 11.8 Å². The highest BCUT2D eigenvalue weighted by atomic mass is 16.7. The predicted octanol–water partition coefficient (Wildman–Crippen LogP) is 4.84. The molecule has 1 unspecified atom stereocenters. The average Bonchev–Trinajstić information content (AvgIpc) is 3.09. The molecular weight excluding hydrogens is 408 g/mol. The second-order valence-electron chi connectivity index (χ2n) is 8.43. The van der Waals surface area contributed by atoms with E-state index in [1.807, 2.05) is 0 Å². The lowest BCUT2D eigenvalue weighted by atomic mass is 9.80. The number of benzene rings is 2. The van der Waals surface area contributed by atoms with E-state index in [-0.39, 0.29) is 0 Å². The number of hydrogen-bond acceptors (Lipinski definition) is 6. The fourth-order valence-electron chi connectivity index (χ4n) is 4.75. The van der Waals surface area contributed by atoms with E-state index in [9.17, 15) is 9.90 Å². The van der Waals surface area contributed by atoms with Gasteiger partial charge in [0.25, 0.3) is 5.79 Å². The number of ether oxygens (including phenoxy) is 4. The summed E-state index contributed by atoms with van der Waals surface area (Å²) in [6.45, 7) is 0. The highest BCUT2D eigenvalue weighted by Gasteiger charge is 2.48. The molecule has 2 aliphatic rings. The molecule has 0 spiro atoms. The molecule has 1 heterocycles. The third-order valence-corrected chi connectivity index (χ3v) is 6.49. The summed E-state index contributed by atoms with van der Waals surface area (Å²) >= 11 is 0. The van der Waals surface area contributed by atoms with Gasteiger partial charge >= 0.3 is 5.97 Å². The molecule has 32 heavy (non-hydrogen) atoms. The fourth-order valence-corrected chi connectivity index (χ4v) is 4.75. The molecule has 1 N–H and O–H groups in total. The fraction of sp³-hybridized carbons (Fsp3) is 0.423. The van der Waals surface area contributed by atoms with Crippen molar-refractivity contribution in [2.24, 2.45) is 5.92 Å². The third kappa shape index (κ3) is 4.19. The van der Waals surface area contributed by atoms with Crippen LogP contribution in [-0.2, 0) is 15.3 Å². The van der Waals surface area contributed by atoms with E-state index in [2.05, 4.69) is 0 Å². The number of hydrogen-bond donors (Lipinski definition) is 1. The first kappa shape index (κ1) is 22.2. The van der Waals surface area contributed by atoms with Crippen LogP contribution in [0, 0.1) is 5.92 Å². The summed E-state index contributed by atoms with van der Waals surface area (Å²) in [5.74, 6) is -0.192. The molecule has 0 aromatic heterocycles. The summed E-state index contributed by atoms with van der Waals surface area (Å²) in [5.41, 5.74) is 2.09. The topological polar surface area (TPSA) is 74.2 Å². The lowest BCUT2D eigenvalue weighted by Gasteiger charge is -2.29. The minimum absolute atomic E-state index is 0.381. The molecule has 1 aliphatic heterocycles. The number of esters is 1. The minimum Gasteiger partial charge on any atom is -0.497 e. The van der Waals surface area contributed by atoms with E-state index in [0.717, 1.165) is 25.7 Å². The van der Waals surface area contributed by atoms with Crippen LogP contribution in [0.2, 0.25) is 0 Å². The van der Waals surface area contributed by atoms with Crippen molar-refractivity contribution in [1.82, 2.24) is 0 Å². The van der Waals surface area contributed by atoms with Crippen molar-refractivity contribution in [3.63, 3.8) is 0 Å². The minimum atomic E-state index is -1.83. The van der Waals surface area contributed by atoms with Gasteiger partial charge in [0.2, 0.25) is 0 Å². The van der Waals surface area contributed by atoms with E-state index in [1.165, 1.54) is 6.42 Å². The van der Waals surface area contributed by atoms with Crippen LogP contribution in [0.1, 0.15) is 49.7 Å². The molecule has 2 aromatic carbocycles. The van der Waals surface area contributed by atoms with Crippen LogP contribution in [0.5, 0.6) is 17.2 Å². The number of aliphatic hydroxyl groups is 1. The standard InChI is InChI=1S/C26H30O6/c1-29-20-11-9-19(10-12-20)26(28)23(13-17-7-5-4-6-8-17)24(25(27)32-26)18-14-21(30-2)16-22(15-18)31-3/h9-12,14-17,28H,4-8,13H2,1-3H3. The Morgan fingerprint density at radius 2 is 1.50 bits per heavy atom. The van der Waals surface area contributed by atoms with Crippen LogP contribution >= 0.6 is 0 Å². The molecule has 6 nitrogen and oxygen atoms in total. The van der Waals surface area contributed by atoms with Gasteiger partial charge in [-0.2, -0.15) is 0 Å². The zero-order chi connectivity index (χ0) is 22.7. The van der Waals surface area contributed by atoms with Crippen LogP contribution < -0.4 is 14.2 Å². The van der Waals surface area contributed by atoms with Gasteiger partial charge in [0.05, 0.1) is 26.9 Å². The maximum absolute atomic E-state index is 13.2. The monoisotopic (exact) mass is 438 g/mol. The van der Waals surface area contributed by atoms with Gasteiger partial charge in [-0.3, -0.25) is 0 Å². The van der Waals surface area contributed by atoms with Gasteiger partial charge < -0.3 is 24.1 Å². The number of carbonyl (C=O) groups is 1. The van der Waals surface area contributed by atoms with Crippen LogP contribution in [0.25, 0.3) is 5.57 Å². The Morgan fingerprint density at radius 1 is 0.906 bits per heavy atom. The largest absolute Gasteiger partial charge is 0.497 e. The van der Waals surface area contributed by atoms with Gasteiger partial charge in [-0.25, -0.2) is 4.79 Å². The summed E-state index contributed by atoms with van der Waals surface area (Å²) in [6.07, 6.45) is 6.29. The van der Waals surface area contributed by atoms with Crippen molar-refractivity contribution in [2.75, 3.05) is 21.3 Å². The number of rotatable bonds is 7. The molecule has 0 radical (unpaired) electrons. The molecule has 1 aliphatic carbocycles. The lowest BCUT2D eigenvalue weighted by molar-refractivity contribution is -0.185. The highest BCUT2D eigenvalue weighted by molar-refractivity contribution is 6.20. The van der Waals surface area contributed by atoms with Gasteiger partial charge in [0.15, 0.2) is 0 Å². The van der Waals surface area contributed by atoms with Gasteiger partial charge in [-0.1, -0.05) is 32.1 Å². The summed E-state index contributed by atoms with van der Waals surface area (Å²) in [7, 11) is 4.72. The Labute approximate surface area is 188 Å². The van der Waals surface area contributed by atoms with Crippen molar-refractivity contribution < 1.29 is 28.8 Å². The summed E-state index contributed by atoms with van der Waals surface area (Å²) in [5, 5.41) is 11.8. The predicted molar refractivity (Wildman–Crippen MR) is 121 cm³/mol. The molecular formula is C26H30O6. The molecule has 6 heteroatoms. The van der Waals surface area contributed by atoms with Crippen molar-refractivity contribution >= 4 is 11.5 Å². The number of carbonyl (C=O) groups excluding carboxylic acids is 1. The van der Waals surface area contributed by atoms with Crippen LogP contribution in [0.4, 0.5) is 0 Å². The lowest BCUT2D eigenvalue weighted by Crippen LogP contribution is -2.30.